The predicted molar refractivity (Wildman–Crippen MR) is 60.4 cm³/mol. The highest BCUT2D eigenvalue weighted by Gasteiger charge is 2.18. The zero-order valence-corrected chi connectivity index (χ0v) is 9.76. The van der Waals surface area contributed by atoms with Crippen molar-refractivity contribution in [3.05, 3.63) is 34.6 Å². The summed E-state index contributed by atoms with van der Waals surface area (Å²) < 4.78 is 13.4. The second-order valence-corrected chi connectivity index (χ2v) is 4.31. The number of halogens is 2. The molecule has 0 aromatic heterocycles. The third-order valence-corrected chi connectivity index (χ3v) is 2.99. The monoisotopic (exact) mass is 230 g/mol. The van der Waals surface area contributed by atoms with E-state index >= 15 is 0 Å². The Kier molecular flexibility index (Phi) is 4.55. The maximum absolute atomic E-state index is 13.4. The molecule has 1 aromatic rings. The molecule has 0 radical (unpaired) electrons. The number of hydrogen-bond acceptors (Lipinski definition) is 1. The van der Waals surface area contributed by atoms with E-state index in [4.69, 9.17) is 11.6 Å². The fraction of sp³-hybridized carbons (Fsp3) is 0.500. The lowest BCUT2D eigenvalue weighted by Gasteiger charge is -2.16. The molecule has 3 heteroatoms. The Labute approximate surface area is 94.9 Å². The smallest absolute Gasteiger partial charge is 0.130 e. The van der Waals surface area contributed by atoms with Crippen molar-refractivity contribution in [2.45, 2.75) is 32.8 Å². The molecule has 2 unspecified atom stereocenters. The van der Waals surface area contributed by atoms with Crippen molar-refractivity contribution in [3.8, 4) is 0 Å². The van der Waals surface area contributed by atoms with Gasteiger partial charge >= 0.3 is 0 Å². The van der Waals surface area contributed by atoms with Crippen LogP contribution in [0, 0.1) is 11.7 Å². The Morgan fingerprint density at radius 2 is 2.13 bits per heavy atom. The van der Waals surface area contributed by atoms with Gasteiger partial charge < -0.3 is 5.11 Å². The standard InChI is InChI=1S/C12H16ClFO/c1-3-8(2)7-11(15)12-9(13)5-4-6-10(12)14/h4-6,8,11,15H,3,7H2,1-2H3. The summed E-state index contributed by atoms with van der Waals surface area (Å²) in [6.45, 7) is 4.07. The van der Waals surface area contributed by atoms with Crippen LogP contribution in [0.25, 0.3) is 0 Å². The normalized spacial score (nSPS) is 15.0. The Hall–Kier alpha value is -0.600. The quantitative estimate of drug-likeness (QED) is 0.831. The van der Waals surface area contributed by atoms with Gasteiger partial charge in [0.05, 0.1) is 6.10 Å². The topological polar surface area (TPSA) is 20.2 Å². The van der Waals surface area contributed by atoms with Gasteiger partial charge in [-0.3, -0.25) is 0 Å². The van der Waals surface area contributed by atoms with Crippen molar-refractivity contribution in [3.63, 3.8) is 0 Å². The molecule has 0 saturated carbocycles. The van der Waals surface area contributed by atoms with Gasteiger partial charge in [-0.15, -0.1) is 0 Å². The SMILES string of the molecule is CCC(C)CC(O)c1c(F)cccc1Cl. The highest BCUT2D eigenvalue weighted by Crippen LogP contribution is 2.30. The summed E-state index contributed by atoms with van der Waals surface area (Å²) in [5, 5.41) is 10.2. The first-order valence-corrected chi connectivity index (χ1v) is 5.56. The first-order valence-electron chi connectivity index (χ1n) is 5.18. The highest BCUT2D eigenvalue weighted by atomic mass is 35.5. The molecule has 0 spiro atoms. The van der Waals surface area contributed by atoms with Crippen LogP contribution in [-0.2, 0) is 0 Å². The van der Waals surface area contributed by atoms with E-state index < -0.39 is 11.9 Å². The zero-order chi connectivity index (χ0) is 11.4. The van der Waals surface area contributed by atoms with E-state index in [1.54, 1.807) is 6.07 Å². The van der Waals surface area contributed by atoms with Crippen LogP contribution in [0.4, 0.5) is 4.39 Å². The molecule has 0 fully saturated rings. The van der Waals surface area contributed by atoms with Gasteiger partial charge in [-0.1, -0.05) is 37.9 Å². The number of aliphatic hydroxyl groups excluding tert-OH is 1. The van der Waals surface area contributed by atoms with Crippen molar-refractivity contribution in [1.82, 2.24) is 0 Å². The van der Waals surface area contributed by atoms with Crippen molar-refractivity contribution in [2.75, 3.05) is 0 Å². The summed E-state index contributed by atoms with van der Waals surface area (Å²) in [6, 6.07) is 4.46. The first kappa shape index (κ1) is 12.5. The van der Waals surface area contributed by atoms with E-state index in [9.17, 15) is 9.50 Å². The summed E-state index contributed by atoms with van der Waals surface area (Å²) in [5.41, 5.74) is 0.222. The third-order valence-electron chi connectivity index (χ3n) is 2.66. The second kappa shape index (κ2) is 5.47. The van der Waals surface area contributed by atoms with Crippen LogP contribution in [0.1, 0.15) is 38.4 Å². The number of benzene rings is 1. The Morgan fingerprint density at radius 3 is 2.67 bits per heavy atom. The van der Waals surface area contributed by atoms with Crippen LogP contribution in [0.15, 0.2) is 18.2 Å². The predicted octanol–water partition coefficient (Wildman–Crippen LogP) is 3.95. The van der Waals surface area contributed by atoms with Crippen LogP contribution in [-0.4, -0.2) is 5.11 Å². The molecule has 1 nitrogen and oxygen atoms in total. The Balaban J connectivity index is 2.86. The number of hydrogen-bond donors (Lipinski definition) is 1. The van der Waals surface area contributed by atoms with Crippen LogP contribution >= 0.6 is 11.6 Å². The highest BCUT2D eigenvalue weighted by molar-refractivity contribution is 6.31. The Morgan fingerprint density at radius 1 is 1.47 bits per heavy atom. The van der Waals surface area contributed by atoms with Gasteiger partial charge in [0.15, 0.2) is 0 Å². The number of aliphatic hydroxyl groups is 1. The average molecular weight is 231 g/mol. The molecule has 15 heavy (non-hydrogen) atoms. The van der Waals surface area contributed by atoms with Crippen LogP contribution < -0.4 is 0 Å². The molecule has 0 bridgehead atoms. The van der Waals surface area contributed by atoms with Gasteiger partial charge in [-0.25, -0.2) is 4.39 Å². The van der Waals surface area contributed by atoms with Gasteiger partial charge in [0, 0.05) is 10.6 Å². The Bertz CT molecular complexity index is 307. The van der Waals surface area contributed by atoms with Crippen LogP contribution in [0.3, 0.4) is 0 Å². The van der Waals surface area contributed by atoms with E-state index in [0.29, 0.717) is 17.4 Å². The average Bonchev–Trinajstić information content (AvgIpc) is 2.17. The zero-order valence-electron chi connectivity index (χ0n) is 9.00. The third kappa shape index (κ3) is 3.18. The molecule has 2 atom stereocenters. The molecule has 0 saturated heterocycles. The largest absolute Gasteiger partial charge is 0.388 e. The van der Waals surface area contributed by atoms with E-state index in [1.807, 2.05) is 13.8 Å². The first-order chi connectivity index (χ1) is 7.06. The van der Waals surface area contributed by atoms with Crippen molar-refractivity contribution in [2.24, 2.45) is 5.92 Å². The fourth-order valence-corrected chi connectivity index (χ4v) is 1.78. The second-order valence-electron chi connectivity index (χ2n) is 3.90. The van der Waals surface area contributed by atoms with Crippen molar-refractivity contribution < 1.29 is 9.50 Å². The van der Waals surface area contributed by atoms with Gasteiger partial charge in [0.25, 0.3) is 0 Å². The van der Waals surface area contributed by atoms with Gasteiger partial charge in [0.2, 0.25) is 0 Å². The van der Waals surface area contributed by atoms with E-state index in [0.717, 1.165) is 6.42 Å². The molecule has 0 aliphatic heterocycles. The minimum Gasteiger partial charge on any atom is -0.388 e. The van der Waals surface area contributed by atoms with Crippen LogP contribution in [0.5, 0.6) is 0 Å². The molecule has 0 aliphatic carbocycles. The molecular weight excluding hydrogens is 215 g/mol. The summed E-state index contributed by atoms with van der Waals surface area (Å²) in [4.78, 5) is 0. The molecule has 0 amide bonds. The molecule has 84 valence electrons. The summed E-state index contributed by atoms with van der Waals surface area (Å²) in [7, 11) is 0. The van der Waals surface area contributed by atoms with E-state index in [-0.39, 0.29) is 5.56 Å². The lowest BCUT2D eigenvalue weighted by atomic mass is 9.96. The summed E-state index contributed by atoms with van der Waals surface area (Å²) >= 11 is 5.85. The minimum atomic E-state index is -0.811. The molecule has 0 heterocycles. The lowest BCUT2D eigenvalue weighted by molar-refractivity contribution is 0.142. The van der Waals surface area contributed by atoms with Crippen molar-refractivity contribution >= 4 is 11.6 Å². The summed E-state index contributed by atoms with van der Waals surface area (Å²) in [5.74, 6) is -0.0750. The van der Waals surface area contributed by atoms with Crippen molar-refractivity contribution in [1.29, 1.82) is 0 Å². The molecule has 1 rings (SSSR count). The minimum absolute atomic E-state index is 0.222. The maximum atomic E-state index is 13.4. The molecular formula is C12H16ClFO. The maximum Gasteiger partial charge on any atom is 0.130 e. The van der Waals surface area contributed by atoms with Gasteiger partial charge in [-0.05, 0) is 24.5 Å². The fourth-order valence-electron chi connectivity index (χ4n) is 1.49. The molecule has 1 N–H and O–H groups in total. The lowest BCUT2D eigenvalue weighted by Crippen LogP contribution is -2.06. The van der Waals surface area contributed by atoms with E-state index in [2.05, 4.69) is 0 Å². The molecule has 1 aromatic carbocycles. The van der Waals surface area contributed by atoms with Gasteiger partial charge in [-0.2, -0.15) is 0 Å². The van der Waals surface area contributed by atoms with Gasteiger partial charge in [0.1, 0.15) is 5.82 Å². The summed E-state index contributed by atoms with van der Waals surface area (Å²) in [6.07, 6.45) is 0.689. The number of rotatable bonds is 4. The van der Waals surface area contributed by atoms with Crippen LogP contribution in [0.2, 0.25) is 5.02 Å². The molecule has 0 aliphatic rings. The van der Waals surface area contributed by atoms with E-state index in [1.165, 1.54) is 12.1 Å².